The first-order valence-electron chi connectivity index (χ1n) is 6.64. The largest absolute Gasteiger partial charge is 0.449 e. The minimum atomic E-state index is -0.522. The van der Waals surface area contributed by atoms with Gasteiger partial charge in [0.25, 0.3) is 0 Å². The van der Waals surface area contributed by atoms with Crippen molar-refractivity contribution in [2.75, 3.05) is 11.9 Å². The van der Waals surface area contributed by atoms with E-state index in [1.54, 1.807) is 12.1 Å². The zero-order chi connectivity index (χ0) is 16.1. The van der Waals surface area contributed by atoms with Gasteiger partial charge in [-0.2, -0.15) is 0 Å². The van der Waals surface area contributed by atoms with Crippen LogP contribution in [0, 0.1) is 5.92 Å². The molecule has 1 aromatic carbocycles. The topological polar surface area (TPSA) is 64.1 Å². The molecular weight excluding hydrogens is 345 g/mol. The third-order valence-electron chi connectivity index (χ3n) is 2.56. The zero-order valence-corrected chi connectivity index (χ0v) is 14.4. The molecule has 2 rings (SSSR count). The summed E-state index contributed by atoms with van der Waals surface area (Å²) in [5.41, 5.74) is 0.972. The number of anilines is 1. The Hall–Kier alpha value is -1.37. The average molecular weight is 360 g/mol. The highest BCUT2D eigenvalue weighted by molar-refractivity contribution is 7.15. The molecule has 0 spiro atoms. The second-order valence-electron chi connectivity index (χ2n) is 5.04. The van der Waals surface area contributed by atoms with Crippen LogP contribution in [0.5, 0.6) is 0 Å². The molecule has 1 aromatic heterocycles. The van der Waals surface area contributed by atoms with Crippen LogP contribution in [0.25, 0.3) is 0 Å². The molecule has 1 N–H and O–H groups in total. The molecule has 1 heterocycles. The number of hydrogen-bond donors (Lipinski definition) is 1. The fraction of sp³-hybridized carbons (Fsp3) is 0.357. The van der Waals surface area contributed by atoms with Gasteiger partial charge < -0.3 is 4.74 Å². The number of aromatic nitrogens is 2. The molecule has 0 bridgehead atoms. The van der Waals surface area contributed by atoms with Crippen molar-refractivity contribution in [3.63, 3.8) is 0 Å². The minimum Gasteiger partial charge on any atom is -0.449 e. The van der Waals surface area contributed by atoms with Crippen LogP contribution < -0.4 is 5.32 Å². The number of rotatable bonds is 5. The first-order valence-corrected chi connectivity index (χ1v) is 8.21. The van der Waals surface area contributed by atoms with Crippen LogP contribution in [0.1, 0.15) is 24.4 Å². The van der Waals surface area contributed by atoms with E-state index in [1.165, 1.54) is 11.3 Å². The number of carbonyl (C=O) groups excluding carboxylic acids is 1. The SMILES string of the molecule is CC(C)COC(=O)Nc1nnc(Cc2ccc(Cl)c(Cl)c2)s1. The van der Waals surface area contributed by atoms with Gasteiger partial charge in [0.2, 0.25) is 5.13 Å². The first-order chi connectivity index (χ1) is 10.4. The van der Waals surface area contributed by atoms with E-state index < -0.39 is 6.09 Å². The fourth-order valence-corrected chi connectivity index (χ4v) is 2.65. The Morgan fingerprint density at radius 3 is 2.77 bits per heavy atom. The summed E-state index contributed by atoms with van der Waals surface area (Å²) in [6, 6.07) is 5.40. The van der Waals surface area contributed by atoms with Crippen LogP contribution in [-0.2, 0) is 11.2 Å². The smallest absolute Gasteiger partial charge is 0.413 e. The van der Waals surface area contributed by atoms with E-state index in [-0.39, 0.29) is 5.92 Å². The molecule has 8 heteroatoms. The van der Waals surface area contributed by atoms with Crippen molar-refractivity contribution >= 4 is 45.8 Å². The Kier molecular flexibility index (Phi) is 5.99. The number of amides is 1. The summed E-state index contributed by atoms with van der Waals surface area (Å²) in [6.07, 6.45) is 0.0445. The van der Waals surface area contributed by atoms with E-state index >= 15 is 0 Å². The number of carbonyl (C=O) groups is 1. The quantitative estimate of drug-likeness (QED) is 0.844. The number of benzene rings is 1. The minimum absolute atomic E-state index is 0.283. The molecule has 0 aliphatic rings. The lowest BCUT2D eigenvalue weighted by Gasteiger charge is -2.06. The monoisotopic (exact) mass is 359 g/mol. The lowest BCUT2D eigenvalue weighted by Crippen LogP contribution is -2.16. The van der Waals surface area contributed by atoms with E-state index in [2.05, 4.69) is 15.5 Å². The van der Waals surface area contributed by atoms with Crippen molar-refractivity contribution in [3.8, 4) is 0 Å². The van der Waals surface area contributed by atoms with Crippen LogP contribution in [-0.4, -0.2) is 22.9 Å². The summed E-state index contributed by atoms with van der Waals surface area (Å²) in [4.78, 5) is 11.5. The maximum atomic E-state index is 11.5. The Morgan fingerprint density at radius 2 is 2.09 bits per heavy atom. The molecular formula is C14H15Cl2N3O2S. The van der Waals surface area contributed by atoms with E-state index in [0.717, 1.165) is 10.6 Å². The number of ether oxygens (including phenoxy) is 1. The molecule has 0 aliphatic heterocycles. The Bertz CT molecular complexity index is 661. The van der Waals surface area contributed by atoms with Crippen LogP contribution in [0.3, 0.4) is 0 Å². The molecule has 0 radical (unpaired) electrons. The van der Waals surface area contributed by atoms with E-state index in [1.807, 2.05) is 19.9 Å². The maximum absolute atomic E-state index is 11.5. The van der Waals surface area contributed by atoms with Gasteiger partial charge >= 0.3 is 6.09 Å². The summed E-state index contributed by atoms with van der Waals surface area (Å²) in [6.45, 7) is 4.29. The summed E-state index contributed by atoms with van der Waals surface area (Å²) in [7, 11) is 0. The molecule has 0 unspecified atom stereocenters. The van der Waals surface area contributed by atoms with Crippen LogP contribution >= 0.6 is 34.5 Å². The highest BCUT2D eigenvalue weighted by Gasteiger charge is 2.10. The van der Waals surface area contributed by atoms with Crippen molar-refractivity contribution in [3.05, 3.63) is 38.8 Å². The number of nitrogens with one attached hydrogen (secondary N) is 1. The summed E-state index contributed by atoms with van der Waals surface area (Å²) in [5, 5.41) is 12.7. The van der Waals surface area contributed by atoms with E-state index in [4.69, 9.17) is 27.9 Å². The predicted octanol–water partition coefficient (Wildman–Crippen LogP) is 4.64. The lowest BCUT2D eigenvalue weighted by atomic mass is 10.2. The van der Waals surface area contributed by atoms with Gasteiger partial charge in [-0.1, -0.05) is 54.5 Å². The van der Waals surface area contributed by atoms with E-state index in [0.29, 0.717) is 28.2 Å². The summed E-state index contributed by atoms with van der Waals surface area (Å²) < 4.78 is 5.02. The van der Waals surface area contributed by atoms with Crippen molar-refractivity contribution in [1.82, 2.24) is 10.2 Å². The van der Waals surface area contributed by atoms with Crippen molar-refractivity contribution in [1.29, 1.82) is 0 Å². The highest BCUT2D eigenvalue weighted by Crippen LogP contribution is 2.25. The van der Waals surface area contributed by atoms with Crippen LogP contribution in [0.2, 0.25) is 10.0 Å². The average Bonchev–Trinajstić information content (AvgIpc) is 2.88. The third kappa shape index (κ3) is 5.12. The highest BCUT2D eigenvalue weighted by atomic mass is 35.5. The van der Waals surface area contributed by atoms with Crippen LogP contribution in [0.15, 0.2) is 18.2 Å². The Labute approximate surface area is 142 Å². The van der Waals surface area contributed by atoms with Crippen molar-refractivity contribution < 1.29 is 9.53 Å². The Morgan fingerprint density at radius 1 is 1.32 bits per heavy atom. The number of halogens is 2. The number of nitrogens with zero attached hydrogens (tertiary/aromatic N) is 2. The standard InChI is InChI=1S/C14H15Cl2N3O2S/c1-8(2)7-21-14(20)17-13-19-18-12(22-13)6-9-3-4-10(15)11(16)5-9/h3-5,8H,6-7H2,1-2H3,(H,17,19,20). The molecule has 118 valence electrons. The predicted molar refractivity (Wildman–Crippen MR) is 89.0 cm³/mol. The maximum Gasteiger partial charge on any atom is 0.413 e. The number of hydrogen-bond acceptors (Lipinski definition) is 5. The third-order valence-corrected chi connectivity index (χ3v) is 4.14. The molecule has 0 fully saturated rings. The first kappa shape index (κ1) is 17.0. The van der Waals surface area contributed by atoms with Crippen molar-refractivity contribution in [2.24, 2.45) is 5.92 Å². The van der Waals surface area contributed by atoms with E-state index in [9.17, 15) is 4.79 Å². The van der Waals surface area contributed by atoms with Crippen LogP contribution in [0.4, 0.5) is 9.93 Å². The van der Waals surface area contributed by atoms with Gasteiger partial charge in [0.1, 0.15) is 5.01 Å². The second kappa shape index (κ2) is 7.76. The molecule has 2 aromatic rings. The molecule has 0 saturated carbocycles. The molecule has 0 atom stereocenters. The van der Waals surface area contributed by atoms with Gasteiger partial charge in [-0.25, -0.2) is 4.79 Å². The molecule has 22 heavy (non-hydrogen) atoms. The summed E-state index contributed by atoms with van der Waals surface area (Å²) >= 11 is 13.1. The molecule has 5 nitrogen and oxygen atoms in total. The van der Waals surface area contributed by atoms with Gasteiger partial charge in [0.15, 0.2) is 0 Å². The van der Waals surface area contributed by atoms with Gasteiger partial charge in [0.05, 0.1) is 16.7 Å². The van der Waals surface area contributed by atoms with Crippen molar-refractivity contribution in [2.45, 2.75) is 20.3 Å². The fourth-order valence-electron chi connectivity index (χ4n) is 1.57. The molecule has 0 saturated heterocycles. The molecule has 0 aliphatic carbocycles. The van der Waals surface area contributed by atoms with Gasteiger partial charge in [0, 0.05) is 6.42 Å². The summed E-state index contributed by atoms with van der Waals surface area (Å²) in [5.74, 6) is 0.283. The van der Waals surface area contributed by atoms with Gasteiger partial charge in [-0.05, 0) is 23.6 Å². The van der Waals surface area contributed by atoms with Gasteiger partial charge in [-0.3, -0.25) is 5.32 Å². The zero-order valence-electron chi connectivity index (χ0n) is 12.1. The molecule has 1 amide bonds. The Balaban J connectivity index is 1.93. The normalized spacial score (nSPS) is 10.8. The second-order valence-corrected chi connectivity index (χ2v) is 6.92. The van der Waals surface area contributed by atoms with Gasteiger partial charge in [-0.15, -0.1) is 10.2 Å². The lowest BCUT2D eigenvalue weighted by molar-refractivity contribution is 0.147.